The zero-order valence-corrected chi connectivity index (χ0v) is 20.5. The first-order chi connectivity index (χ1) is 14.7. The Hall–Kier alpha value is -0.510. The number of hydrogen-bond donors (Lipinski definition) is 0. The first kappa shape index (κ1) is 24.1. The van der Waals surface area contributed by atoms with Gasteiger partial charge in [-0.25, -0.2) is 0 Å². The zero-order valence-electron chi connectivity index (χ0n) is 20.5. The molecule has 172 valence electrons. The normalized spacial score (nSPS) is 37.6. The molecule has 3 rings (SSSR count). The smallest absolute Gasteiger partial charge is 0.0655 e. The average Bonchev–Trinajstić information content (AvgIpc) is 2.80. The van der Waals surface area contributed by atoms with Crippen LogP contribution in [0.25, 0.3) is 0 Å². The molecule has 1 heteroatoms. The van der Waals surface area contributed by atoms with Crippen molar-refractivity contribution in [3.05, 3.63) is 0 Å². The van der Waals surface area contributed by atoms with Crippen molar-refractivity contribution in [1.82, 2.24) is 0 Å². The molecule has 0 atom stereocenters. The van der Waals surface area contributed by atoms with Crippen LogP contribution in [-0.2, 0) is 0 Å². The van der Waals surface area contributed by atoms with E-state index in [0.29, 0.717) is 11.3 Å². The highest BCUT2D eigenvalue weighted by atomic mass is 14.5. The number of unbranched alkanes of at least 4 members (excludes halogenated alkanes) is 4. The molecule has 0 aromatic rings. The lowest BCUT2D eigenvalue weighted by atomic mass is 9.56. The Labute approximate surface area is 188 Å². The van der Waals surface area contributed by atoms with E-state index in [9.17, 15) is 5.26 Å². The van der Waals surface area contributed by atoms with E-state index in [0.717, 1.165) is 23.7 Å². The van der Waals surface area contributed by atoms with E-state index in [-0.39, 0.29) is 0 Å². The molecule has 0 spiro atoms. The second-order valence-electron chi connectivity index (χ2n) is 11.6. The van der Waals surface area contributed by atoms with Gasteiger partial charge < -0.3 is 0 Å². The molecular weight excluding hydrogens is 362 g/mol. The molecule has 0 aromatic carbocycles. The molecule has 0 radical (unpaired) electrons. The fraction of sp³-hybridized carbons (Fsp3) is 0.966. The van der Waals surface area contributed by atoms with Crippen LogP contribution in [0.4, 0.5) is 0 Å². The minimum atomic E-state index is 0.355. The Morgan fingerprint density at radius 1 is 0.700 bits per heavy atom. The summed E-state index contributed by atoms with van der Waals surface area (Å²) in [6.45, 7) is 4.67. The molecule has 3 aliphatic rings. The number of hydrogen-bond acceptors (Lipinski definition) is 1. The van der Waals surface area contributed by atoms with Gasteiger partial charge in [-0.2, -0.15) is 5.26 Å². The van der Waals surface area contributed by atoms with Crippen molar-refractivity contribution >= 4 is 0 Å². The lowest BCUT2D eigenvalue weighted by Crippen LogP contribution is -2.38. The minimum absolute atomic E-state index is 0.355. The first-order valence-corrected chi connectivity index (χ1v) is 14.1. The lowest BCUT2D eigenvalue weighted by Gasteiger charge is -2.49. The maximum atomic E-state index is 9.39. The van der Waals surface area contributed by atoms with Gasteiger partial charge in [0.1, 0.15) is 0 Å². The Balaban J connectivity index is 1.46. The second-order valence-corrected chi connectivity index (χ2v) is 11.6. The topological polar surface area (TPSA) is 23.8 Å². The summed E-state index contributed by atoms with van der Waals surface area (Å²) in [6.07, 6.45) is 28.7. The molecule has 0 bridgehead atoms. The maximum absolute atomic E-state index is 9.39. The molecule has 3 fully saturated rings. The summed E-state index contributed by atoms with van der Waals surface area (Å²) in [5.41, 5.74) is 0.602. The fourth-order valence-electron chi connectivity index (χ4n) is 7.75. The van der Waals surface area contributed by atoms with Crippen molar-refractivity contribution in [2.24, 2.45) is 35.0 Å². The highest BCUT2D eigenvalue weighted by Gasteiger charge is 2.43. The molecule has 0 saturated heterocycles. The Kier molecular flexibility index (Phi) is 10.1. The van der Waals surface area contributed by atoms with Crippen LogP contribution in [-0.4, -0.2) is 0 Å². The van der Waals surface area contributed by atoms with Crippen LogP contribution in [0.1, 0.15) is 142 Å². The Morgan fingerprint density at radius 2 is 1.27 bits per heavy atom. The Morgan fingerprint density at radius 3 is 1.83 bits per heavy atom. The van der Waals surface area contributed by atoms with Crippen LogP contribution in [0.15, 0.2) is 0 Å². The van der Waals surface area contributed by atoms with Crippen molar-refractivity contribution in [3.8, 4) is 6.07 Å². The van der Waals surface area contributed by atoms with Crippen molar-refractivity contribution in [3.63, 3.8) is 0 Å². The molecule has 3 aliphatic carbocycles. The summed E-state index contributed by atoms with van der Waals surface area (Å²) < 4.78 is 0. The highest BCUT2D eigenvalue weighted by molar-refractivity contribution is 4.97. The Bertz CT molecular complexity index is 493. The number of rotatable bonds is 10. The highest BCUT2D eigenvalue weighted by Crippen LogP contribution is 2.54. The molecule has 0 aromatic heterocycles. The molecule has 30 heavy (non-hydrogen) atoms. The van der Waals surface area contributed by atoms with E-state index >= 15 is 0 Å². The summed E-state index contributed by atoms with van der Waals surface area (Å²) in [7, 11) is 0. The standard InChI is InChI=1S/C29H51N/c1-3-5-7-9-24-10-12-26(13-11-24)27-14-16-28(17-15-27)29(20-8-6-4-2)21-18-25(23-30)19-22-29/h24-28H,3-22H2,1-2H3. The van der Waals surface area contributed by atoms with Gasteiger partial charge in [0, 0.05) is 5.92 Å². The third kappa shape index (κ3) is 6.50. The zero-order chi connectivity index (χ0) is 21.2. The summed E-state index contributed by atoms with van der Waals surface area (Å²) in [5.74, 6) is 4.48. The molecule has 0 aliphatic heterocycles. The van der Waals surface area contributed by atoms with Gasteiger partial charge in [0.15, 0.2) is 0 Å². The molecule has 3 saturated carbocycles. The number of nitrogens with zero attached hydrogens (tertiary/aromatic N) is 1. The van der Waals surface area contributed by atoms with Gasteiger partial charge in [0.05, 0.1) is 6.07 Å². The van der Waals surface area contributed by atoms with Crippen LogP contribution >= 0.6 is 0 Å². The van der Waals surface area contributed by atoms with E-state index < -0.39 is 0 Å². The third-order valence-electron chi connectivity index (χ3n) is 9.85. The minimum Gasteiger partial charge on any atom is -0.198 e. The van der Waals surface area contributed by atoms with Gasteiger partial charge in [0.25, 0.3) is 0 Å². The third-order valence-corrected chi connectivity index (χ3v) is 9.85. The van der Waals surface area contributed by atoms with E-state index in [4.69, 9.17) is 0 Å². The van der Waals surface area contributed by atoms with E-state index in [1.165, 1.54) is 128 Å². The van der Waals surface area contributed by atoms with Crippen molar-refractivity contribution < 1.29 is 0 Å². The van der Waals surface area contributed by atoms with Gasteiger partial charge in [-0.05, 0) is 99.7 Å². The molecule has 0 amide bonds. The lowest BCUT2D eigenvalue weighted by molar-refractivity contribution is 0.0230. The van der Waals surface area contributed by atoms with Gasteiger partial charge in [-0.1, -0.05) is 71.6 Å². The van der Waals surface area contributed by atoms with Crippen LogP contribution in [0.3, 0.4) is 0 Å². The first-order valence-electron chi connectivity index (χ1n) is 14.1. The van der Waals surface area contributed by atoms with Crippen LogP contribution in [0.2, 0.25) is 0 Å². The van der Waals surface area contributed by atoms with Crippen LogP contribution in [0.5, 0.6) is 0 Å². The summed E-state index contributed by atoms with van der Waals surface area (Å²) in [6, 6.07) is 2.58. The largest absolute Gasteiger partial charge is 0.198 e. The summed E-state index contributed by atoms with van der Waals surface area (Å²) in [5, 5.41) is 9.39. The van der Waals surface area contributed by atoms with E-state index in [1.54, 1.807) is 0 Å². The molecule has 0 N–H and O–H groups in total. The number of nitriles is 1. The van der Waals surface area contributed by atoms with E-state index in [2.05, 4.69) is 19.9 Å². The van der Waals surface area contributed by atoms with Crippen molar-refractivity contribution in [2.45, 2.75) is 142 Å². The predicted molar refractivity (Wildman–Crippen MR) is 129 cm³/mol. The average molecular weight is 414 g/mol. The van der Waals surface area contributed by atoms with E-state index in [1.807, 2.05) is 0 Å². The SMILES string of the molecule is CCCCCC1CCC(C2CCC(C3(CCCCC)CCC(C#N)CC3)CC2)CC1. The maximum Gasteiger partial charge on any atom is 0.0655 e. The van der Waals surface area contributed by atoms with Gasteiger partial charge in [-0.15, -0.1) is 0 Å². The molecule has 1 nitrogen and oxygen atoms in total. The second kappa shape index (κ2) is 12.5. The predicted octanol–water partition coefficient (Wildman–Crippen LogP) is 9.46. The van der Waals surface area contributed by atoms with Gasteiger partial charge >= 0.3 is 0 Å². The molecule has 0 heterocycles. The molecular formula is C29H51N. The molecule has 0 unspecified atom stereocenters. The summed E-state index contributed by atoms with van der Waals surface area (Å²) in [4.78, 5) is 0. The van der Waals surface area contributed by atoms with Crippen molar-refractivity contribution in [2.75, 3.05) is 0 Å². The van der Waals surface area contributed by atoms with Crippen LogP contribution < -0.4 is 0 Å². The van der Waals surface area contributed by atoms with Gasteiger partial charge in [-0.3, -0.25) is 0 Å². The summed E-state index contributed by atoms with van der Waals surface area (Å²) >= 11 is 0. The quantitative estimate of drug-likeness (QED) is 0.327. The van der Waals surface area contributed by atoms with Crippen LogP contribution in [0, 0.1) is 46.3 Å². The fourth-order valence-corrected chi connectivity index (χ4v) is 7.75. The van der Waals surface area contributed by atoms with Gasteiger partial charge in [0.2, 0.25) is 0 Å². The monoisotopic (exact) mass is 413 g/mol. The van der Waals surface area contributed by atoms with Crippen molar-refractivity contribution in [1.29, 1.82) is 5.26 Å².